The van der Waals surface area contributed by atoms with Gasteiger partial charge in [0.25, 0.3) is 5.91 Å². The highest BCUT2D eigenvalue weighted by atomic mass is 32.2. The van der Waals surface area contributed by atoms with Gasteiger partial charge in [0.15, 0.2) is 0 Å². The Bertz CT molecular complexity index is 627. The summed E-state index contributed by atoms with van der Waals surface area (Å²) >= 11 is 0. The van der Waals surface area contributed by atoms with Gasteiger partial charge in [-0.1, -0.05) is 19.9 Å². The van der Waals surface area contributed by atoms with Crippen LogP contribution < -0.4 is 10.0 Å². The highest BCUT2D eigenvalue weighted by molar-refractivity contribution is 7.89. The number of amides is 1. The monoisotopic (exact) mass is 342 g/mol. The molecule has 0 saturated carbocycles. The van der Waals surface area contributed by atoms with Crippen molar-refractivity contribution in [2.24, 2.45) is 5.92 Å². The fourth-order valence-electron chi connectivity index (χ4n) is 1.91. The minimum absolute atomic E-state index is 0.0928. The number of carbonyl (C=O) groups excluding carboxylic acids is 1. The Kier molecular flexibility index (Phi) is 7.67. The number of methoxy groups -OCH3 is 1. The smallest absolute Gasteiger partial charge is 0.251 e. The first-order valence-electron chi connectivity index (χ1n) is 7.65. The Morgan fingerprint density at radius 1 is 1.30 bits per heavy atom. The quantitative estimate of drug-likeness (QED) is 0.669. The SMILES string of the molecule is COCCCNS(=O)(=O)c1ccc(C)c(C(=O)NCC(C)C)c1. The Hall–Kier alpha value is -1.44. The van der Waals surface area contributed by atoms with Crippen LogP contribution in [-0.4, -0.2) is 41.1 Å². The topological polar surface area (TPSA) is 84.5 Å². The molecule has 0 unspecified atom stereocenters. The van der Waals surface area contributed by atoms with Gasteiger partial charge in [0.1, 0.15) is 0 Å². The summed E-state index contributed by atoms with van der Waals surface area (Å²) in [4.78, 5) is 12.3. The number of carbonyl (C=O) groups is 1. The number of hydrogen-bond acceptors (Lipinski definition) is 4. The van der Waals surface area contributed by atoms with Crippen LogP contribution >= 0.6 is 0 Å². The van der Waals surface area contributed by atoms with E-state index in [-0.39, 0.29) is 10.8 Å². The summed E-state index contributed by atoms with van der Waals surface area (Å²) in [6.07, 6.45) is 0.587. The van der Waals surface area contributed by atoms with E-state index >= 15 is 0 Å². The summed E-state index contributed by atoms with van der Waals surface area (Å²) in [5.41, 5.74) is 1.12. The molecule has 0 atom stereocenters. The number of rotatable bonds is 9. The molecule has 0 aliphatic heterocycles. The minimum Gasteiger partial charge on any atom is -0.385 e. The summed E-state index contributed by atoms with van der Waals surface area (Å²) in [6.45, 7) is 7.10. The lowest BCUT2D eigenvalue weighted by atomic mass is 10.1. The van der Waals surface area contributed by atoms with Crippen molar-refractivity contribution in [2.75, 3.05) is 26.8 Å². The van der Waals surface area contributed by atoms with E-state index in [0.29, 0.717) is 37.6 Å². The predicted molar refractivity (Wildman–Crippen MR) is 90.0 cm³/mol. The average molecular weight is 342 g/mol. The van der Waals surface area contributed by atoms with Crippen molar-refractivity contribution in [2.45, 2.75) is 32.1 Å². The highest BCUT2D eigenvalue weighted by Gasteiger charge is 2.17. The van der Waals surface area contributed by atoms with Gasteiger partial charge in [0.2, 0.25) is 10.0 Å². The van der Waals surface area contributed by atoms with Gasteiger partial charge in [-0.2, -0.15) is 0 Å². The lowest BCUT2D eigenvalue weighted by Crippen LogP contribution is -2.29. The molecule has 1 aromatic carbocycles. The van der Waals surface area contributed by atoms with Gasteiger partial charge in [-0.3, -0.25) is 4.79 Å². The molecule has 0 heterocycles. The van der Waals surface area contributed by atoms with Gasteiger partial charge in [0, 0.05) is 32.4 Å². The number of ether oxygens (including phenoxy) is 1. The maximum absolute atomic E-state index is 12.3. The first kappa shape index (κ1) is 19.6. The number of nitrogens with one attached hydrogen (secondary N) is 2. The molecule has 6 nitrogen and oxygen atoms in total. The molecule has 0 aliphatic rings. The number of sulfonamides is 1. The Balaban J connectivity index is 2.89. The molecule has 1 aromatic rings. The fraction of sp³-hybridized carbons (Fsp3) is 0.562. The zero-order valence-corrected chi connectivity index (χ0v) is 15.0. The second-order valence-electron chi connectivity index (χ2n) is 5.82. The second-order valence-corrected chi connectivity index (χ2v) is 7.59. The number of benzene rings is 1. The first-order chi connectivity index (χ1) is 10.8. The number of aryl methyl sites for hydroxylation is 1. The summed E-state index contributed by atoms with van der Waals surface area (Å²) in [6, 6.07) is 4.57. The molecule has 0 spiro atoms. The van der Waals surface area contributed by atoms with Gasteiger partial charge in [0.05, 0.1) is 4.90 Å². The molecule has 0 aliphatic carbocycles. The van der Waals surface area contributed by atoms with Crippen molar-refractivity contribution in [3.63, 3.8) is 0 Å². The third-order valence-corrected chi connectivity index (χ3v) is 4.71. The molecular formula is C16H26N2O4S. The molecule has 0 aromatic heterocycles. The Morgan fingerprint density at radius 2 is 2.00 bits per heavy atom. The molecule has 0 bridgehead atoms. The van der Waals surface area contributed by atoms with E-state index in [2.05, 4.69) is 10.0 Å². The third kappa shape index (κ3) is 6.29. The zero-order valence-electron chi connectivity index (χ0n) is 14.2. The standard InChI is InChI=1S/C16H26N2O4S/c1-12(2)11-17-16(19)15-10-14(7-6-13(15)3)23(20,21)18-8-5-9-22-4/h6-7,10,12,18H,5,8-9,11H2,1-4H3,(H,17,19). The molecule has 1 rings (SSSR count). The molecule has 23 heavy (non-hydrogen) atoms. The van der Waals surface area contributed by atoms with Gasteiger partial charge in [-0.15, -0.1) is 0 Å². The van der Waals surface area contributed by atoms with Gasteiger partial charge >= 0.3 is 0 Å². The Labute approximate surface area is 138 Å². The third-order valence-electron chi connectivity index (χ3n) is 3.25. The van der Waals surface area contributed by atoms with E-state index in [1.54, 1.807) is 20.1 Å². The summed E-state index contributed by atoms with van der Waals surface area (Å²) in [7, 11) is -2.06. The van der Waals surface area contributed by atoms with Crippen molar-refractivity contribution >= 4 is 15.9 Å². The van der Waals surface area contributed by atoms with Crippen LogP contribution in [0.1, 0.15) is 36.2 Å². The van der Waals surface area contributed by atoms with Crippen molar-refractivity contribution in [1.82, 2.24) is 10.0 Å². The van der Waals surface area contributed by atoms with Crippen molar-refractivity contribution in [3.8, 4) is 0 Å². The summed E-state index contributed by atoms with van der Waals surface area (Å²) < 4.78 is 31.9. The fourth-order valence-corrected chi connectivity index (χ4v) is 3.01. The van der Waals surface area contributed by atoms with E-state index < -0.39 is 10.0 Å². The zero-order chi connectivity index (χ0) is 17.5. The molecular weight excluding hydrogens is 316 g/mol. The van der Waals surface area contributed by atoms with Crippen LogP contribution in [0.2, 0.25) is 0 Å². The molecule has 130 valence electrons. The van der Waals surface area contributed by atoms with E-state index in [0.717, 1.165) is 5.56 Å². The van der Waals surface area contributed by atoms with Gasteiger partial charge < -0.3 is 10.1 Å². The van der Waals surface area contributed by atoms with Crippen molar-refractivity contribution < 1.29 is 17.9 Å². The van der Waals surface area contributed by atoms with Crippen LogP contribution in [0.15, 0.2) is 23.1 Å². The minimum atomic E-state index is -3.63. The van der Waals surface area contributed by atoms with Crippen LogP contribution in [-0.2, 0) is 14.8 Å². The van der Waals surface area contributed by atoms with E-state index in [9.17, 15) is 13.2 Å². The average Bonchev–Trinajstić information content (AvgIpc) is 2.49. The van der Waals surface area contributed by atoms with Crippen LogP contribution in [0.3, 0.4) is 0 Å². The molecule has 0 saturated heterocycles. The maximum Gasteiger partial charge on any atom is 0.251 e. The van der Waals surface area contributed by atoms with E-state index in [1.807, 2.05) is 13.8 Å². The Morgan fingerprint density at radius 3 is 2.61 bits per heavy atom. The largest absolute Gasteiger partial charge is 0.385 e. The lowest BCUT2D eigenvalue weighted by molar-refractivity contribution is 0.0948. The van der Waals surface area contributed by atoms with Crippen molar-refractivity contribution in [3.05, 3.63) is 29.3 Å². The first-order valence-corrected chi connectivity index (χ1v) is 9.13. The molecule has 7 heteroatoms. The molecule has 0 radical (unpaired) electrons. The highest BCUT2D eigenvalue weighted by Crippen LogP contribution is 2.16. The normalized spacial score (nSPS) is 11.7. The molecule has 0 fully saturated rings. The van der Waals surface area contributed by atoms with Gasteiger partial charge in [-0.25, -0.2) is 13.1 Å². The maximum atomic E-state index is 12.3. The van der Waals surface area contributed by atoms with Crippen LogP contribution in [0.25, 0.3) is 0 Å². The van der Waals surface area contributed by atoms with Crippen LogP contribution in [0.5, 0.6) is 0 Å². The van der Waals surface area contributed by atoms with E-state index in [1.165, 1.54) is 12.1 Å². The molecule has 1 amide bonds. The van der Waals surface area contributed by atoms with E-state index in [4.69, 9.17) is 4.74 Å². The second kappa shape index (κ2) is 9.00. The van der Waals surface area contributed by atoms with Gasteiger partial charge in [-0.05, 0) is 37.0 Å². The summed E-state index contributed by atoms with van der Waals surface area (Å²) in [5, 5.41) is 2.81. The predicted octanol–water partition coefficient (Wildman–Crippen LogP) is 1.70. The number of hydrogen-bond donors (Lipinski definition) is 2. The molecule has 2 N–H and O–H groups in total. The van der Waals surface area contributed by atoms with Crippen molar-refractivity contribution in [1.29, 1.82) is 0 Å². The van der Waals surface area contributed by atoms with Crippen LogP contribution in [0.4, 0.5) is 0 Å². The lowest BCUT2D eigenvalue weighted by Gasteiger charge is -2.12. The van der Waals surface area contributed by atoms with Crippen LogP contribution in [0, 0.1) is 12.8 Å². The summed E-state index contributed by atoms with van der Waals surface area (Å²) in [5.74, 6) is 0.0706.